The number of ether oxygens (including phenoxy) is 2. The van der Waals surface area contributed by atoms with E-state index in [4.69, 9.17) is 9.47 Å². The lowest BCUT2D eigenvalue weighted by Crippen LogP contribution is -2.31. The van der Waals surface area contributed by atoms with E-state index in [2.05, 4.69) is 27.0 Å². The molecule has 0 unspecified atom stereocenters. The third-order valence-electron chi connectivity index (χ3n) is 3.35. The van der Waals surface area contributed by atoms with Crippen molar-refractivity contribution < 1.29 is 9.47 Å². The van der Waals surface area contributed by atoms with Crippen molar-refractivity contribution >= 4 is 23.1 Å². The highest BCUT2D eigenvalue weighted by molar-refractivity contribution is 7.99. The van der Waals surface area contributed by atoms with Gasteiger partial charge in [0.05, 0.1) is 6.54 Å². The van der Waals surface area contributed by atoms with Crippen LogP contribution in [0.2, 0.25) is 0 Å². The van der Waals surface area contributed by atoms with E-state index < -0.39 is 0 Å². The number of para-hydroxylation sites is 2. The topological polar surface area (TPSA) is 62.1 Å². The Morgan fingerprint density at radius 1 is 1.22 bits per heavy atom. The molecule has 0 bridgehead atoms. The highest BCUT2D eigenvalue weighted by Crippen LogP contribution is 2.32. The summed E-state index contributed by atoms with van der Waals surface area (Å²) in [6, 6.07) is 11.8. The van der Waals surface area contributed by atoms with E-state index in [0.717, 1.165) is 22.4 Å². The van der Waals surface area contributed by atoms with Crippen LogP contribution in [-0.4, -0.2) is 38.7 Å². The van der Waals surface area contributed by atoms with Crippen LogP contribution >= 0.6 is 23.1 Å². The number of nitrogens with zero attached hydrogens (tertiary/aromatic N) is 4. The largest absolute Gasteiger partial charge is 0.486 e. The van der Waals surface area contributed by atoms with Gasteiger partial charge in [-0.25, -0.2) is 4.68 Å². The van der Waals surface area contributed by atoms with Crippen molar-refractivity contribution in [2.45, 2.75) is 17.8 Å². The number of tetrazole rings is 1. The van der Waals surface area contributed by atoms with Gasteiger partial charge in [-0.2, -0.15) is 0 Å². The van der Waals surface area contributed by atoms with E-state index >= 15 is 0 Å². The molecule has 4 rings (SSSR count). The van der Waals surface area contributed by atoms with Crippen LogP contribution < -0.4 is 9.47 Å². The van der Waals surface area contributed by atoms with Gasteiger partial charge in [0.25, 0.3) is 0 Å². The number of benzene rings is 1. The molecule has 0 N–H and O–H groups in total. The summed E-state index contributed by atoms with van der Waals surface area (Å²) >= 11 is 3.28. The Morgan fingerprint density at radius 3 is 3.00 bits per heavy atom. The second-order valence-corrected chi connectivity index (χ2v) is 7.03. The molecule has 0 amide bonds. The van der Waals surface area contributed by atoms with Crippen molar-refractivity contribution in [3.8, 4) is 11.5 Å². The quantitative estimate of drug-likeness (QED) is 0.662. The van der Waals surface area contributed by atoms with E-state index in [-0.39, 0.29) is 6.10 Å². The van der Waals surface area contributed by atoms with Crippen molar-refractivity contribution in [3.05, 3.63) is 46.7 Å². The van der Waals surface area contributed by atoms with E-state index in [0.29, 0.717) is 13.2 Å². The minimum Gasteiger partial charge on any atom is -0.486 e. The van der Waals surface area contributed by atoms with Gasteiger partial charge in [-0.05, 0) is 34.0 Å². The number of hydrogen-bond donors (Lipinski definition) is 0. The van der Waals surface area contributed by atoms with E-state index in [1.165, 1.54) is 4.88 Å². The molecule has 0 fully saturated rings. The van der Waals surface area contributed by atoms with Crippen LogP contribution in [0.5, 0.6) is 11.5 Å². The predicted molar refractivity (Wildman–Crippen MR) is 88.3 cm³/mol. The van der Waals surface area contributed by atoms with Crippen LogP contribution in [0, 0.1) is 0 Å². The van der Waals surface area contributed by atoms with Gasteiger partial charge in [-0.3, -0.25) is 0 Å². The van der Waals surface area contributed by atoms with Crippen molar-refractivity contribution in [2.24, 2.45) is 0 Å². The zero-order chi connectivity index (χ0) is 15.5. The highest BCUT2D eigenvalue weighted by Gasteiger charge is 2.21. The molecule has 1 aromatic carbocycles. The van der Waals surface area contributed by atoms with Crippen LogP contribution in [-0.2, 0) is 6.54 Å². The monoisotopic (exact) mass is 346 g/mol. The number of aromatic nitrogens is 4. The summed E-state index contributed by atoms with van der Waals surface area (Å²) < 4.78 is 13.5. The third-order valence-corrected chi connectivity index (χ3v) is 5.30. The van der Waals surface area contributed by atoms with Crippen molar-refractivity contribution in [3.63, 3.8) is 0 Å². The Balaban J connectivity index is 1.38. The minimum atomic E-state index is -0.0122. The predicted octanol–water partition coefficient (Wildman–Crippen LogP) is 2.72. The van der Waals surface area contributed by atoms with Gasteiger partial charge in [-0.15, -0.1) is 16.4 Å². The van der Waals surface area contributed by atoms with Gasteiger partial charge in [0.15, 0.2) is 11.5 Å². The Hall–Kier alpha value is -2.06. The Labute approximate surface area is 141 Å². The molecule has 23 heavy (non-hydrogen) atoms. The van der Waals surface area contributed by atoms with Gasteiger partial charge in [0.1, 0.15) is 12.7 Å². The number of rotatable bonds is 5. The fourth-order valence-electron chi connectivity index (χ4n) is 2.26. The summed E-state index contributed by atoms with van der Waals surface area (Å²) in [4.78, 5) is 1.23. The van der Waals surface area contributed by atoms with Gasteiger partial charge in [0, 0.05) is 10.6 Å². The lowest BCUT2D eigenvalue weighted by atomic mass is 10.3. The summed E-state index contributed by atoms with van der Waals surface area (Å²) in [6.45, 7) is 1.23. The van der Waals surface area contributed by atoms with Gasteiger partial charge < -0.3 is 9.47 Å². The first-order valence-corrected chi connectivity index (χ1v) is 9.05. The van der Waals surface area contributed by atoms with E-state index in [9.17, 15) is 0 Å². The van der Waals surface area contributed by atoms with Crippen molar-refractivity contribution in [2.75, 3.05) is 12.4 Å². The first-order valence-electron chi connectivity index (χ1n) is 7.18. The Morgan fingerprint density at radius 2 is 2.13 bits per heavy atom. The molecule has 3 aromatic rings. The van der Waals surface area contributed by atoms with E-state index in [1.54, 1.807) is 23.1 Å². The molecule has 0 spiro atoms. The van der Waals surface area contributed by atoms with Gasteiger partial charge >= 0.3 is 0 Å². The van der Waals surface area contributed by atoms with Crippen LogP contribution in [0.1, 0.15) is 4.88 Å². The molecule has 6 nitrogen and oxygen atoms in total. The summed E-state index contributed by atoms with van der Waals surface area (Å²) in [5.74, 6) is 2.33. The zero-order valence-corrected chi connectivity index (χ0v) is 13.8. The molecule has 0 radical (unpaired) electrons. The molecule has 118 valence electrons. The fourth-order valence-corrected chi connectivity index (χ4v) is 3.79. The van der Waals surface area contributed by atoms with Crippen LogP contribution in [0.15, 0.2) is 46.9 Å². The molecule has 1 aliphatic heterocycles. The van der Waals surface area contributed by atoms with Crippen LogP contribution in [0.4, 0.5) is 0 Å². The highest BCUT2D eigenvalue weighted by atomic mass is 32.2. The smallest absolute Gasteiger partial charge is 0.209 e. The van der Waals surface area contributed by atoms with E-state index in [1.807, 2.05) is 35.0 Å². The average molecular weight is 346 g/mol. The first-order chi connectivity index (χ1) is 11.4. The molecule has 0 saturated heterocycles. The minimum absolute atomic E-state index is 0.0122. The Kier molecular flexibility index (Phi) is 4.16. The fraction of sp³-hybridized carbons (Fsp3) is 0.267. The standard InChI is InChI=1S/C15H14N4O2S2/c1-2-6-14-13(5-1)20-9-11(21-14)10-23-15-16-17-18-19(15)8-12-4-3-7-22-12/h1-7,11H,8-10H2/t11-/m1/s1. The number of fused-ring (bicyclic) bond motifs is 1. The number of thioether (sulfide) groups is 1. The molecule has 0 saturated carbocycles. The zero-order valence-electron chi connectivity index (χ0n) is 12.2. The lowest BCUT2D eigenvalue weighted by Gasteiger charge is -2.25. The van der Waals surface area contributed by atoms with Crippen LogP contribution in [0.25, 0.3) is 0 Å². The van der Waals surface area contributed by atoms with Gasteiger partial charge in [0.2, 0.25) is 5.16 Å². The van der Waals surface area contributed by atoms with Crippen LogP contribution in [0.3, 0.4) is 0 Å². The maximum absolute atomic E-state index is 5.95. The lowest BCUT2D eigenvalue weighted by molar-refractivity contribution is 0.107. The summed E-state index contributed by atoms with van der Waals surface area (Å²) in [5, 5.41) is 14.8. The molecular formula is C15H14N4O2S2. The SMILES string of the molecule is c1csc(Cn2nnnc2SC[C@H]2COc3ccccc3O2)c1. The summed E-state index contributed by atoms with van der Waals surface area (Å²) in [6.07, 6.45) is -0.0122. The maximum atomic E-state index is 5.95. The number of hydrogen-bond acceptors (Lipinski definition) is 7. The normalized spacial score (nSPS) is 16.4. The first kappa shape index (κ1) is 14.5. The third kappa shape index (κ3) is 3.32. The summed E-state index contributed by atoms with van der Waals surface area (Å²) in [5.41, 5.74) is 0. The molecule has 0 aliphatic carbocycles. The number of thiophene rings is 1. The molecular weight excluding hydrogens is 332 g/mol. The second kappa shape index (κ2) is 6.59. The second-order valence-electron chi connectivity index (χ2n) is 5.01. The van der Waals surface area contributed by atoms with Crippen molar-refractivity contribution in [1.82, 2.24) is 20.2 Å². The van der Waals surface area contributed by atoms with Crippen molar-refractivity contribution in [1.29, 1.82) is 0 Å². The molecule has 1 atom stereocenters. The molecule has 8 heteroatoms. The average Bonchev–Trinajstić information content (AvgIpc) is 3.25. The molecule has 3 heterocycles. The van der Waals surface area contributed by atoms with Gasteiger partial charge in [-0.1, -0.05) is 30.0 Å². The summed E-state index contributed by atoms with van der Waals surface area (Å²) in [7, 11) is 0. The Bertz CT molecular complexity index is 775. The maximum Gasteiger partial charge on any atom is 0.209 e. The molecule has 2 aromatic heterocycles. The molecule has 1 aliphatic rings.